The van der Waals surface area contributed by atoms with Crippen LogP contribution in [0, 0.1) is 17.5 Å². The molecule has 1 heterocycles. The fraction of sp³-hybridized carbons (Fsp3) is 0.440. The Hall–Kier alpha value is -2.95. The summed E-state index contributed by atoms with van der Waals surface area (Å²) in [4.78, 5) is 29.4. The largest absolute Gasteiger partial charge is 0.382 e. The highest BCUT2D eigenvalue weighted by molar-refractivity contribution is 5.83. The molecule has 10 heteroatoms. The maximum absolute atomic E-state index is 14.3. The van der Waals surface area contributed by atoms with Gasteiger partial charge in [-0.3, -0.25) is 14.5 Å². The molecule has 0 aromatic heterocycles. The molecule has 1 fully saturated rings. The third-order valence-electron chi connectivity index (χ3n) is 6.26. The summed E-state index contributed by atoms with van der Waals surface area (Å²) < 4.78 is 46.1. The molecule has 0 aliphatic carbocycles. The molecule has 1 aliphatic heterocycles. The lowest BCUT2D eigenvalue weighted by atomic mass is 10.00. The van der Waals surface area contributed by atoms with E-state index in [0.717, 1.165) is 17.7 Å². The monoisotopic (exact) mass is 492 g/mol. The average molecular weight is 493 g/mol. The normalized spacial score (nSPS) is 18.2. The lowest BCUT2D eigenvalue weighted by molar-refractivity contribution is -0.141. The van der Waals surface area contributed by atoms with Gasteiger partial charge in [-0.05, 0) is 42.2 Å². The van der Waals surface area contributed by atoms with Crippen LogP contribution in [0.25, 0.3) is 0 Å². The second-order valence-corrected chi connectivity index (χ2v) is 8.64. The van der Waals surface area contributed by atoms with Crippen molar-refractivity contribution in [3.63, 3.8) is 0 Å². The number of piperazine rings is 1. The van der Waals surface area contributed by atoms with Gasteiger partial charge >= 0.3 is 0 Å². The van der Waals surface area contributed by atoms with Crippen molar-refractivity contribution in [3.8, 4) is 0 Å². The number of rotatable bonds is 9. The number of benzene rings is 2. The van der Waals surface area contributed by atoms with Crippen LogP contribution in [0.3, 0.4) is 0 Å². The third-order valence-corrected chi connectivity index (χ3v) is 6.26. The fourth-order valence-electron chi connectivity index (χ4n) is 4.41. The Kier molecular flexibility index (Phi) is 9.25. The molecule has 3 N–H and O–H groups in total. The van der Waals surface area contributed by atoms with Gasteiger partial charge in [-0.15, -0.1) is 0 Å². The Balaban J connectivity index is 1.73. The van der Waals surface area contributed by atoms with E-state index in [-0.39, 0.29) is 48.7 Å². The van der Waals surface area contributed by atoms with Crippen LogP contribution in [0.5, 0.6) is 0 Å². The SMILES string of the molecule is CNC(=O)C(Cc1ccc(F)cc1F)N1CCN(C(=O)C(N)Cc2ccc(F)cc2)C(COC)C1. The summed E-state index contributed by atoms with van der Waals surface area (Å²) in [6, 6.07) is 7.19. The van der Waals surface area contributed by atoms with E-state index < -0.39 is 23.7 Å². The van der Waals surface area contributed by atoms with Crippen LogP contribution in [0.4, 0.5) is 13.2 Å². The Morgan fingerprint density at radius 1 is 1.09 bits per heavy atom. The molecule has 2 aromatic carbocycles. The minimum atomic E-state index is -0.825. The lowest BCUT2D eigenvalue weighted by Crippen LogP contribution is -2.63. The molecule has 2 aromatic rings. The molecule has 35 heavy (non-hydrogen) atoms. The van der Waals surface area contributed by atoms with E-state index in [4.69, 9.17) is 10.5 Å². The van der Waals surface area contributed by atoms with Crippen LogP contribution in [0.2, 0.25) is 0 Å². The van der Waals surface area contributed by atoms with E-state index in [1.165, 1.54) is 32.4 Å². The summed E-state index contributed by atoms with van der Waals surface area (Å²) in [5.74, 6) is -2.34. The van der Waals surface area contributed by atoms with Crippen LogP contribution >= 0.6 is 0 Å². The summed E-state index contributed by atoms with van der Waals surface area (Å²) in [6.45, 7) is 1.18. The number of nitrogens with one attached hydrogen (secondary N) is 1. The molecule has 2 amide bonds. The second kappa shape index (κ2) is 12.1. The molecule has 0 saturated carbocycles. The van der Waals surface area contributed by atoms with Crippen LogP contribution in [-0.2, 0) is 27.2 Å². The van der Waals surface area contributed by atoms with Gasteiger partial charge in [0.05, 0.1) is 24.7 Å². The number of carbonyl (C=O) groups excluding carboxylic acids is 2. The molecule has 3 unspecified atom stereocenters. The van der Waals surface area contributed by atoms with Gasteiger partial charge in [0, 0.05) is 39.9 Å². The van der Waals surface area contributed by atoms with Crippen molar-refractivity contribution in [1.82, 2.24) is 15.1 Å². The van der Waals surface area contributed by atoms with Crippen molar-refractivity contribution in [3.05, 3.63) is 71.0 Å². The van der Waals surface area contributed by atoms with Crippen LogP contribution < -0.4 is 11.1 Å². The standard InChI is InChI=1S/C25H31F3N4O3/c1-30-24(33)23(12-17-5-8-19(27)13-21(17)28)31-9-10-32(20(14-31)15-35-2)25(34)22(29)11-16-3-6-18(26)7-4-16/h3-8,13,20,22-23H,9-12,14-15,29H2,1-2H3,(H,30,33). The zero-order chi connectivity index (χ0) is 25.5. The Labute approximate surface area is 203 Å². The molecule has 3 rings (SSSR count). The van der Waals surface area contributed by atoms with E-state index in [1.807, 2.05) is 4.90 Å². The van der Waals surface area contributed by atoms with Crippen molar-refractivity contribution in [2.75, 3.05) is 40.4 Å². The minimum Gasteiger partial charge on any atom is -0.382 e. The molecular formula is C25H31F3N4O3. The Bertz CT molecular complexity index is 1020. The first-order valence-electron chi connectivity index (χ1n) is 11.4. The Morgan fingerprint density at radius 3 is 2.40 bits per heavy atom. The number of likely N-dealkylation sites (N-methyl/N-ethyl adjacent to an activating group) is 1. The van der Waals surface area contributed by atoms with Crippen molar-refractivity contribution in [1.29, 1.82) is 0 Å². The number of amides is 2. The zero-order valence-corrected chi connectivity index (χ0v) is 19.8. The highest BCUT2D eigenvalue weighted by Gasteiger charge is 2.37. The van der Waals surface area contributed by atoms with E-state index >= 15 is 0 Å². The van der Waals surface area contributed by atoms with Crippen molar-refractivity contribution in [2.45, 2.75) is 31.0 Å². The summed E-state index contributed by atoms with van der Waals surface area (Å²) in [6.07, 6.45) is 0.299. The highest BCUT2D eigenvalue weighted by atomic mass is 19.1. The smallest absolute Gasteiger partial charge is 0.240 e. The van der Waals surface area contributed by atoms with Crippen LogP contribution in [0.15, 0.2) is 42.5 Å². The number of ether oxygens (including phenoxy) is 1. The van der Waals surface area contributed by atoms with Crippen molar-refractivity contribution >= 4 is 11.8 Å². The highest BCUT2D eigenvalue weighted by Crippen LogP contribution is 2.20. The number of hydrogen-bond acceptors (Lipinski definition) is 5. The number of methoxy groups -OCH3 is 1. The first kappa shape index (κ1) is 26.7. The molecule has 1 aliphatic rings. The molecule has 1 saturated heterocycles. The summed E-state index contributed by atoms with van der Waals surface area (Å²) in [5, 5.41) is 2.61. The molecule has 190 valence electrons. The van der Waals surface area contributed by atoms with Gasteiger partial charge in [-0.1, -0.05) is 18.2 Å². The predicted molar refractivity (Wildman–Crippen MR) is 125 cm³/mol. The number of carbonyl (C=O) groups is 2. The van der Waals surface area contributed by atoms with Gasteiger partial charge in [0.15, 0.2) is 0 Å². The van der Waals surface area contributed by atoms with Crippen molar-refractivity contribution in [2.24, 2.45) is 5.73 Å². The summed E-state index contributed by atoms with van der Waals surface area (Å²) in [5.41, 5.74) is 7.17. The van der Waals surface area contributed by atoms with Crippen molar-refractivity contribution < 1.29 is 27.5 Å². The number of halogens is 3. The van der Waals surface area contributed by atoms with Gasteiger partial charge in [0.2, 0.25) is 11.8 Å². The second-order valence-electron chi connectivity index (χ2n) is 8.64. The maximum Gasteiger partial charge on any atom is 0.240 e. The molecule has 0 spiro atoms. The number of hydrogen-bond donors (Lipinski definition) is 2. The van der Waals surface area contributed by atoms with Gasteiger partial charge in [-0.2, -0.15) is 0 Å². The molecule has 0 bridgehead atoms. The molecule has 3 atom stereocenters. The molecule has 0 radical (unpaired) electrons. The van der Waals surface area contributed by atoms with Crippen LogP contribution in [0.1, 0.15) is 11.1 Å². The average Bonchev–Trinajstić information content (AvgIpc) is 2.84. The maximum atomic E-state index is 14.3. The van der Waals surface area contributed by atoms with Crippen LogP contribution in [-0.4, -0.2) is 80.1 Å². The minimum absolute atomic E-state index is 0.0452. The van der Waals surface area contributed by atoms with Gasteiger partial charge in [0.1, 0.15) is 17.5 Å². The summed E-state index contributed by atoms with van der Waals surface area (Å²) in [7, 11) is 3.02. The quantitative estimate of drug-likeness (QED) is 0.554. The van der Waals surface area contributed by atoms with Gasteiger partial charge < -0.3 is 20.7 Å². The lowest BCUT2D eigenvalue weighted by Gasteiger charge is -2.44. The predicted octanol–water partition coefficient (Wildman–Crippen LogP) is 1.49. The summed E-state index contributed by atoms with van der Waals surface area (Å²) >= 11 is 0. The van der Waals surface area contributed by atoms with E-state index in [1.54, 1.807) is 17.0 Å². The van der Waals surface area contributed by atoms with Gasteiger partial charge in [-0.25, -0.2) is 13.2 Å². The number of nitrogens with zero attached hydrogens (tertiary/aromatic N) is 2. The van der Waals surface area contributed by atoms with Gasteiger partial charge in [0.25, 0.3) is 0 Å². The fourth-order valence-corrected chi connectivity index (χ4v) is 4.41. The molecular weight excluding hydrogens is 461 g/mol. The topological polar surface area (TPSA) is 87.9 Å². The third kappa shape index (κ3) is 6.81. The molecule has 7 nitrogen and oxygen atoms in total. The Morgan fingerprint density at radius 2 is 1.77 bits per heavy atom. The van der Waals surface area contributed by atoms with E-state index in [0.29, 0.717) is 19.6 Å². The zero-order valence-electron chi connectivity index (χ0n) is 19.8. The first-order chi connectivity index (χ1) is 16.7. The van der Waals surface area contributed by atoms with E-state index in [9.17, 15) is 22.8 Å². The first-order valence-corrected chi connectivity index (χ1v) is 11.4. The number of nitrogens with two attached hydrogens (primary N) is 1. The van der Waals surface area contributed by atoms with E-state index in [2.05, 4.69) is 5.32 Å².